The molecule has 1 unspecified atom stereocenters. The van der Waals surface area contributed by atoms with Crippen LogP contribution < -0.4 is 0 Å². The van der Waals surface area contributed by atoms with Gasteiger partial charge in [0.1, 0.15) is 0 Å². The topological polar surface area (TPSA) is 0 Å². The molecule has 1 aliphatic rings. The normalized spacial score (nSPS) is 17.4. The van der Waals surface area contributed by atoms with Crippen LogP contribution >= 0.6 is 0 Å². The Balaban J connectivity index is 1.55. The third-order valence-electron chi connectivity index (χ3n) is 7.87. The average Bonchev–Trinajstić information content (AvgIpc) is 3.34. The van der Waals surface area contributed by atoms with Crippen molar-refractivity contribution in [3.8, 4) is 11.1 Å². The summed E-state index contributed by atoms with van der Waals surface area (Å²) in [6, 6.07) is 40.6. The van der Waals surface area contributed by atoms with Crippen molar-refractivity contribution < 1.29 is 0 Å². The van der Waals surface area contributed by atoms with Crippen molar-refractivity contribution in [3.05, 3.63) is 149 Å². The Morgan fingerprint density at radius 1 is 0.611 bits per heavy atom. The molecule has 0 N–H and O–H groups in total. The number of hydrogen-bond acceptors (Lipinski definition) is 0. The van der Waals surface area contributed by atoms with Crippen LogP contribution in [0.15, 0.2) is 115 Å². The minimum atomic E-state index is 0.329. The lowest BCUT2D eigenvalue weighted by atomic mass is 9.80. The van der Waals surface area contributed by atoms with Crippen molar-refractivity contribution in [2.45, 2.75) is 39.0 Å². The van der Waals surface area contributed by atoms with E-state index in [0.717, 1.165) is 6.42 Å². The van der Waals surface area contributed by atoms with E-state index in [1.54, 1.807) is 0 Å². The number of hydrogen-bond donors (Lipinski definition) is 0. The van der Waals surface area contributed by atoms with Crippen molar-refractivity contribution in [3.63, 3.8) is 0 Å². The average molecular weight is 465 g/mol. The van der Waals surface area contributed by atoms with Crippen LogP contribution in [0.4, 0.5) is 0 Å². The van der Waals surface area contributed by atoms with E-state index in [2.05, 4.69) is 136 Å². The largest absolute Gasteiger partial charge is 0.0725 e. The summed E-state index contributed by atoms with van der Waals surface area (Å²) in [5.74, 6) is 0.754. The Bertz CT molecular complexity index is 1570. The molecule has 0 radical (unpaired) electrons. The van der Waals surface area contributed by atoms with Gasteiger partial charge in [-0.1, -0.05) is 120 Å². The van der Waals surface area contributed by atoms with Crippen molar-refractivity contribution >= 4 is 16.3 Å². The molecule has 0 bridgehead atoms. The molecule has 6 rings (SSSR count). The lowest BCUT2D eigenvalue weighted by Gasteiger charge is -2.23. The van der Waals surface area contributed by atoms with Crippen LogP contribution in [0, 0.1) is 20.8 Å². The van der Waals surface area contributed by atoms with Crippen LogP contribution in [-0.2, 0) is 0 Å². The predicted molar refractivity (Wildman–Crippen MR) is 155 cm³/mol. The molecule has 2 atom stereocenters. The minimum absolute atomic E-state index is 0.329. The van der Waals surface area contributed by atoms with Crippen LogP contribution in [0.1, 0.15) is 51.6 Å². The zero-order chi connectivity index (χ0) is 24.6. The van der Waals surface area contributed by atoms with Gasteiger partial charge in [0.2, 0.25) is 0 Å². The van der Waals surface area contributed by atoms with Gasteiger partial charge in [-0.15, -0.1) is 0 Å². The van der Waals surface area contributed by atoms with E-state index in [4.69, 9.17) is 0 Å². The van der Waals surface area contributed by atoms with Gasteiger partial charge in [0.05, 0.1) is 0 Å². The minimum Gasteiger partial charge on any atom is -0.0725 e. The van der Waals surface area contributed by atoms with Gasteiger partial charge in [0.25, 0.3) is 0 Å². The molecule has 0 heterocycles. The summed E-state index contributed by atoms with van der Waals surface area (Å²) in [7, 11) is 0. The number of fused-ring (bicyclic) bond motifs is 1. The molecule has 0 aliphatic heterocycles. The van der Waals surface area contributed by atoms with Gasteiger partial charge in [-0.05, 0) is 88.9 Å². The Morgan fingerprint density at radius 2 is 1.33 bits per heavy atom. The number of benzene rings is 5. The van der Waals surface area contributed by atoms with Crippen LogP contribution in [0.3, 0.4) is 0 Å². The molecule has 0 aromatic heterocycles. The molecule has 0 saturated carbocycles. The second-order valence-electron chi connectivity index (χ2n) is 10.4. The van der Waals surface area contributed by atoms with Gasteiger partial charge < -0.3 is 0 Å². The second-order valence-corrected chi connectivity index (χ2v) is 10.4. The van der Waals surface area contributed by atoms with Crippen LogP contribution in [0.5, 0.6) is 0 Å². The molecule has 5 aromatic rings. The highest BCUT2D eigenvalue weighted by atomic mass is 14.4. The molecule has 0 fully saturated rings. The molecule has 176 valence electrons. The summed E-state index contributed by atoms with van der Waals surface area (Å²) in [4.78, 5) is 0. The molecular formula is C36H32. The second kappa shape index (κ2) is 9.28. The molecule has 0 spiro atoms. The van der Waals surface area contributed by atoms with Crippen molar-refractivity contribution in [1.82, 2.24) is 0 Å². The fraction of sp³-hybridized carbons (Fsp3) is 0.167. The zero-order valence-corrected chi connectivity index (χ0v) is 21.3. The standard InChI is InChI=1S/C36H32/c1-24-13-16-27(17-14-24)30-21-35(36(22-30)32-12-8-7-9-26(32)3)31-20-29-18-15-25(2)19-33(29)34(23-31)28-10-5-4-6-11-28/h4-21,23,35-36H,22H2,1-3H3/t35?,36-/m0/s1. The van der Waals surface area contributed by atoms with E-state index < -0.39 is 0 Å². The van der Waals surface area contributed by atoms with Gasteiger partial charge in [-0.25, -0.2) is 0 Å². The van der Waals surface area contributed by atoms with E-state index in [9.17, 15) is 0 Å². The highest BCUT2D eigenvalue weighted by molar-refractivity contribution is 5.98. The van der Waals surface area contributed by atoms with Gasteiger partial charge in [0, 0.05) is 5.92 Å². The van der Waals surface area contributed by atoms with Crippen LogP contribution in [-0.4, -0.2) is 0 Å². The molecule has 0 nitrogen and oxygen atoms in total. The van der Waals surface area contributed by atoms with Crippen molar-refractivity contribution in [2.75, 3.05) is 0 Å². The van der Waals surface area contributed by atoms with E-state index in [0.29, 0.717) is 11.8 Å². The van der Waals surface area contributed by atoms with Gasteiger partial charge in [-0.3, -0.25) is 0 Å². The Labute approximate surface area is 215 Å². The molecule has 36 heavy (non-hydrogen) atoms. The summed E-state index contributed by atoms with van der Waals surface area (Å²) in [6.45, 7) is 6.60. The molecular weight excluding hydrogens is 432 g/mol. The maximum atomic E-state index is 2.55. The highest BCUT2D eigenvalue weighted by Crippen LogP contribution is 2.49. The van der Waals surface area contributed by atoms with Gasteiger partial charge in [0.15, 0.2) is 0 Å². The maximum Gasteiger partial charge on any atom is 0.00964 e. The highest BCUT2D eigenvalue weighted by Gasteiger charge is 2.32. The van der Waals surface area contributed by atoms with E-state index in [1.807, 2.05) is 0 Å². The fourth-order valence-electron chi connectivity index (χ4n) is 5.93. The monoisotopic (exact) mass is 464 g/mol. The third-order valence-corrected chi connectivity index (χ3v) is 7.87. The molecule has 5 aromatic carbocycles. The lowest BCUT2D eigenvalue weighted by Crippen LogP contribution is -2.07. The number of rotatable bonds is 4. The number of aryl methyl sites for hydroxylation is 3. The first-order valence-electron chi connectivity index (χ1n) is 13.0. The number of allylic oxidation sites excluding steroid dienone is 2. The maximum absolute atomic E-state index is 2.55. The van der Waals surface area contributed by atoms with Crippen LogP contribution in [0.2, 0.25) is 0 Å². The molecule has 0 amide bonds. The lowest BCUT2D eigenvalue weighted by molar-refractivity contribution is 0.665. The first-order valence-corrected chi connectivity index (χ1v) is 13.0. The summed E-state index contributed by atoms with van der Waals surface area (Å²) in [6.07, 6.45) is 3.61. The first kappa shape index (κ1) is 22.6. The SMILES string of the molecule is Cc1ccc(C2=CC(c3cc(-c4ccccc4)c4cc(C)ccc4c3)[C@H](c3ccccc3C)C2)cc1. The van der Waals surface area contributed by atoms with E-state index >= 15 is 0 Å². The molecule has 1 aliphatic carbocycles. The van der Waals surface area contributed by atoms with Gasteiger partial charge >= 0.3 is 0 Å². The first-order chi connectivity index (χ1) is 17.6. The smallest absolute Gasteiger partial charge is 0.00964 e. The van der Waals surface area contributed by atoms with Crippen molar-refractivity contribution in [2.24, 2.45) is 0 Å². The summed E-state index contributed by atoms with van der Waals surface area (Å²) >= 11 is 0. The van der Waals surface area contributed by atoms with Crippen LogP contribution in [0.25, 0.3) is 27.5 Å². The summed E-state index contributed by atoms with van der Waals surface area (Å²) in [5, 5.41) is 2.65. The Hall–Kier alpha value is -3.90. The Morgan fingerprint density at radius 3 is 2.11 bits per heavy atom. The van der Waals surface area contributed by atoms with Crippen molar-refractivity contribution in [1.29, 1.82) is 0 Å². The quantitative estimate of drug-likeness (QED) is 0.248. The fourth-order valence-corrected chi connectivity index (χ4v) is 5.93. The molecule has 0 heteroatoms. The zero-order valence-electron chi connectivity index (χ0n) is 21.3. The summed E-state index contributed by atoms with van der Waals surface area (Å²) in [5.41, 5.74) is 12.3. The third kappa shape index (κ3) is 4.18. The summed E-state index contributed by atoms with van der Waals surface area (Å²) < 4.78 is 0. The molecule has 0 saturated heterocycles. The van der Waals surface area contributed by atoms with E-state index in [-0.39, 0.29) is 0 Å². The van der Waals surface area contributed by atoms with E-state index in [1.165, 1.54) is 60.9 Å². The van der Waals surface area contributed by atoms with Gasteiger partial charge in [-0.2, -0.15) is 0 Å². The predicted octanol–water partition coefficient (Wildman–Crippen LogP) is 9.79. The Kier molecular flexibility index (Phi) is 5.82.